The zero-order chi connectivity index (χ0) is 13.9. The van der Waals surface area contributed by atoms with E-state index in [4.69, 9.17) is 5.73 Å². The number of likely N-dealkylation sites (tertiary alicyclic amines) is 1. The zero-order valence-corrected chi connectivity index (χ0v) is 12.5. The Bertz CT molecular complexity index is 299. The van der Waals surface area contributed by atoms with Gasteiger partial charge in [0.05, 0.1) is 6.54 Å². The number of hydrogen-bond acceptors (Lipinski definition) is 3. The first kappa shape index (κ1) is 14.8. The minimum absolute atomic E-state index is 0.195. The molecule has 1 aliphatic heterocycles. The third kappa shape index (κ3) is 4.77. The van der Waals surface area contributed by atoms with Crippen LogP contribution in [-0.2, 0) is 4.79 Å². The largest absolute Gasteiger partial charge is 0.352 e. The molecule has 110 valence electrons. The molecule has 0 spiro atoms. The van der Waals surface area contributed by atoms with Crippen molar-refractivity contribution in [2.75, 3.05) is 19.6 Å². The molecule has 2 fully saturated rings. The first-order valence-corrected chi connectivity index (χ1v) is 7.72. The van der Waals surface area contributed by atoms with E-state index in [1.807, 2.05) is 0 Å². The third-order valence-corrected chi connectivity index (χ3v) is 4.70. The number of amides is 1. The number of carbonyl (C=O) groups is 1. The van der Waals surface area contributed by atoms with Crippen LogP contribution in [0.5, 0.6) is 0 Å². The van der Waals surface area contributed by atoms with Crippen LogP contribution in [0, 0.1) is 5.41 Å². The minimum Gasteiger partial charge on any atom is -0.352 e. The molecule has 19 heavy (non-hydrogen) atoms. The van der Waals surface area contributed by atoms with Gasteiger partial charge >= 0.3 is 0 Å². The van der Waals surface area contributed by atoms with E-state index >= 15 is 0 Å². The fraction of sp³-hybridized carbons (Fsp3) is 0.933. The molecule has 1 saturated carbocycles. The highest BCUT2D eigenvalue weighted by Crippen LogP contribution is 2.34. The molecule has 0 radical (unpaired) electrons. The van der Waals surface area contributed by atoms with E-state index in [0.29, 0.717) is 24.0 Å². The van der Waals surface area contributed by atoms with E-state index in [0.717, 1.165) is 38.8 Å². The van der Waals surface area contributed by atoms with Crippen molar-refractivity contribution in [2.24, 2.45) is 11.1 Å². The van der Waals surface area contributed by atoms with Gasteiger partial charge in [-0.15, -0.1) is 0 Å². The molecule has 0 unspecified atom stereocenters. The van der Waals surface area contributed by atoms with E-state index in [1.165, 1.54) is 12.8 Å². The van der Waals surface area contributed by atoms with Gasteiger partial charge in [0.2, 0.25) is 5.91 Å². The van der Waals surface area contributed by atoms with E-state index in [1.54, 1.807) is 0 Å². The van der Waals surface area contributed by atoms with Crippen LogP contribution in [0.3, 0.4) is 0 Å². The van der Waals surface area contributed by atoms with Gasteiger partial charge in [0, 0.05) is 25.2 Å². The van der Waals surface area contributed by atoms with Gasteiger partial charge in [0.15, 0.2) is 0 Å². The number of rotatable bonds is 3. The number of nitrogens with two attached hydrogens (primary N) is 1. The Hall–Kier alpha value is -0.610. The summed E-state index contributed by atoms with van der Waals surface area (Å²) < 4.78 is 0. The van der Waals surface area contributed by atoms with Crippen LogP contribution in [0.1, 0.15) is 52.4 Å². The monoisotopic (exact) mass is 267 g/mol. The topological polar surface area (TPSA) is 58.4 Å². The lowest BCUT2D eigenvalue weighted by atomic mass is 9.75. The van der Waals surface area contributed by atoms with Gasteiger partial charge in [0.25, 0.3) is 0 Å². The predicted molar refractivity (Wildman–Crippen MR) is 77.8 cm³/mol. The van der Waals surface area contributed by atoms with Crippen LogP contribution in [0.4, 0.5) is 0 Å². The number of nitrogens with zero attached hydrogens (tertiary/aromatic N) is 1. The molecule has 0 aromatic carbocycles. The second-order valence-corrected chi connectivity index (χ2v) is 7.12. The van der Waals surface area contributed by atoms with Crippen LogP contribution in [-0.4, -0.2) is 42.5 Å². The molecule has 4 heteroatoms. The van der Waals surface area contributed by atoms with Crippen LogP contribution in [0.15, 0.2) is 0 Å². The van der Waals surface area contributed by atoms with Crippen molar-refractivity contribution >= 4 is 5.91 Å². The molecule has 0 bridgehead atoms. The number of carbonyl (C=O) groups excluding carboxylic acids is 1. The van der Waals surface area contributed by atoms with Crippen molar-refractivity contribution < 1.29 is 4.79 Å². The maximum atomic E-state index is 12.0. The summed E-state index contributed by atoms with van der Waals surface area (Å²) in [5.41, 5.74) is 6.34. The van der Waals surface area contributed by atoms with Crippen LogP contribution < -0.4 is 11.1 Å². The lowest BCUT2D eigenvalue weighted by Gasteiger charge is -2.35. The molecule has 2 rings (SSSR count). The van der Waals surface area contributed by atoms with Crippen molar-refractivity contribution in [1.82, 2.24) is 10.2 Å². The summed E-state index contributed by atoms with van der Waals surface area (Å²) in [6, 6.07) is 0.729. The average Bonchev–Trinajstić information content (AvgIpc) is 2.35. The molecule has 0 atom stereocenters. The molecular weight excluding hydrogens is 238 g/mol. The maximum absolute atomic E-state index is 12.0. The van der Waals surface area contributed by atoms with E-state index < -0.39 is 0 Å². The highest BCUT2D eigenvalue weighted by Gasteiger charge is 2.28. The Morgan fingerprint density at radius 2 is 1.79 bits per heavy atom. The van der Waals surface area contributed by atoms with Crippen molar-refractivity contribution in [2.45, 2.75) is 64.5 Å². The Morgan fingerprint density at radius 1 is 1.21 bits per heavy atom. The summed E-state index contributed by atoms with van der Waals surface area (Å²) in [5, 5.41) is 3.20. The van der Waals surface area contributed by atoms with Crippen LogP contribution >= 0.6 is 0 Å². The lowest BCUT2D eigenvalue weighted by Crippen LogP contribution is -2.47. The van der Waals surface area contributed by atoms with E-state index in [2.05, 4.69) is 24.1 Å². The Kier molecular flexibility index (Phi) is 4.85. The first-order chi connectivity index (χ1) is 8.94. The Balaban J connectivity index is 1.67. The molecule has 0 aromatic rings. The molecule has 3 N–H and O–H groups in total. The van der Waals surface area contributed by atoms with Gasteiger partial charge in [-0.05, 0) is 43.9 Å². The maximum Gasteiger partial charge on any atom is 0.234 e. The molecule has 2 aliphatic rings. The third-order valence-electron chi connectivity index (χ3n) is 4.70. The number of hydrogen-bond donors (Lipinski definition) is 2. The van der Waals surface area contributed by atoms with E-state index in [9.17, 15) is 4.79 Å². The SMILES string of the molecule is CC1(C)CCC(NC(=O)CN2CCC(N)CC2)CC1. The standard InChI is InChI=1S/C15H29N3O/c1-15(2)7-3-13(4-8-15)17-14(19)11-18-9-5-12(16)6-10-18/h12-13H,3-11,16H2,1-2H3,(H,17,19). The van der Waals surface area contributed by atoms with Gasteiger partial charge in [0.1, 0.15) is 0 Å². The zero-order valence-electron chi connectivity index (χ0n) is 12.5. The normalized spacial score (nSPS) is 26.3. The molecule has 0 aromatic heterocycles. The molecule has 1 aliphatic carbocycles. The Labute approximate surface area is 117 Å². The summed E-state index contributed by atoms with van der Waals surface area (Å²) in [7, 11) is 0. The molecule has 4 nitrogen and oxygen atoms in total. The lowest BCUT2D eigenvalue weighted by molar-refractivity contribution is -0.123. The summed E-state index contributed by atoms with van der Waals surface area (Å²) >= 11 is 0. The van der Waals surface area contributed by atoms with Crippen LogP contribution in [0.2, 0.25) is 0 Å². The first-order valence-electron chi connectivity index (χ1n) is 7.72. The van der Waals surface area contributed by atoms with Gasteiger partial charge in [-0.2, -0.15) is 0 Å². The summed E-state index contributed by atoms with van der Waals surface area (Å²) in [6.07, 6.45) is 6.73. The summed E-state index contributed by atoms with van der Waals surface area (Å²) in [6.45, 7) is 7.12. The smallest absolute Gasteiger partial charge is 0.234 e. The van der Waals surface area contributed by atoms with E-state index in [-0.39, 0.29) is 5.91 Å². The quantitative estimate of drug-likeness (QED) is 0.814. The Morgan fingerprint density at radius 3 is 2.37 bits per heavy atom. The number of piperidine rings is 1. The highest BCUT2D eigenvalue weighted by molar-refractivity contribution is 5.78. The molecule has 1 heterocycles. The molecule has 1 saturated heterocycles. The summed E-state index contributed by atoms with van der Waals surface area (Å²) in [4.78, 5) is 14.3. The van der Waals surface area contributed by atoms with Gasteiger partial charge in [-0.3, -0.25) is 9.69 Å². The van der Waals surface area contributed by atoms with Crippen LogP contribution in [0.25, 0.3) is 0 Å². The fourth-order valence-electron chi connectivity index (χ4n) is 3.13. The highest BCUT2D eigenvalue weighted by atomic mass is 16.2. The van der Waals surface area contributed by atoms with Gasteiger partial charge in [-0.1, -0.05) is 13.8 Å². The van der Waals surface area contributed by atoms with Crippen molar-refractivity contribution in [3.63, 3.8) is 0 Å². The average molecular weight is 267 g/mol. The second kappa shape index (κ2) is 6.23. The fourth-order valence-corrected chi connectivity index (χ4v) is 3.13. The van der Waals surface area contributed by atoms with Gasteiger partial charge in [-0.25, -0.2) is 0 Å². The minimum atomic E-state index is 0.195. The molecular formula is C15H29N3O. The van der Waals surface area contributed by atoms with Crippen molar-refractivity contribution in [3.8, 4) is 0 Å². The second-order valence-electron chi connectivity index (χ2n) is 7.12. The van der Waals surface area contributed by atoms with Crippen molar-refractivity contribution in [3.05, 3.63) is 0 Å². The predicted octanol–water partition coefficient (Wildman–Crippen LogP) is 1.49. The number of nitrogens with one attached hydrogen (secondary N) is 1. The van der Waals surface area contributed by atoms with Gasteiger partial charge < -0.3 is 11.1 Å². The molecule has 1 amide bonds. The van der Waals surface area contributed by atoms with Crippen molar-refractivity contribution in [1.29, 1.82) is 0 Å². The summed E-state index contributed by atoms with van der Waals surface area (Å²) in [5.74, 6) is 0.195.